The van der Waals surface area contributed by atoms with Gasteiger partial charge in [-0.3, -0.25) is 14.9 Å². The minimum atomic E-state index is -0.630. The molecule has 1 amide bonds. The monoisotopic (exact) mass is 281 g/mol. The van der Waals surface area contributed by atoms with Gasteiger partial charge in [0.05, 0.1) is 29.8 Å². The zero-order valence-electron chi connectivity index (χ0n) is 11.8. The van der Waals surface area contributed by atoms with Gasteiger partial charge in [0.15, 0.2) is 0 Å². The fourth-order valence-electron chi connectivity index (χ4n) is 1.74. The number of methoxy groups -OCH3 is 1. The Kier molecular flexibility index (Phi) is 5.45. The Morgan fingerprint density at radius 3 is 2.65 bits per heavy atom. The summed E-state index contributed by atoms with van der Waals surface area (Å²) in [5.74, 6) is 0.185. The Morgan fingerprint density at radius 2 is 2.15 bits per heavy atom. The number of rotatable bonds is 6. The van der Waals surface area contributed by atoms with Crippen LogP contribution < -0.4 is 15.8 Å². The van der Waals surface area contributed by atoms with Gasteiger partial charge in [0, 0.05) is 6.07 Å². The summed E-state index contributed by atoms with van der Waals surface area (Å²) in [6.07, 6.45) is 0.557. The van der Waals surface area contributed by atoms with Crippen LogP contribution >= 0.6 is 0 Å². The molecule has 1 unspecified atom stereocenters. The van der Waals surface area contributed by atoms with E-state index in [1.54, 1.807) is 0 Å². The lowest BCUT2D eigenvalue weighted by atomic mass is 10.0. The van der Waals surface area contributed by atoms with Gasteiger partial charge in [-0.05, 0) is 18.4 Å². The van der Waals surface area contributed by atoms with Crippen LogP contribution in [0.5, 0.6) is 5.75 Å². The van der Waals surface area contributed by atoms with Crippen molar-refractivity contribution in [3.05, 3.63) is 28.3 Å². The highest BCUT2D eigenvalue weighted by molar-refractivity contribution is 5.96. The molecule has 0 aliphatic carbocycles. The number of hydrogen-bond acceptors (Lipinski definition) is 5. The molecule has 0 radical (unpaired) electrons. The summed E-state index contributed by atoms with van der Waals surface area (Å²) < 4.78 is 5.04. The number of nitro groups is 1. The number of carbonyl (C=O) groups is 1. The van der Waals surface area contributed by atoms with E-state index in [0.717, 1.165) is 0 Å². The van der Waals surface area contributed by atoms with Gasteiger partial charge < -0.3 is 15.8 Å². The molecule has 0 heterocycles. The minimum Gasteiger partial charge on any atom is -0.494 e. The number of non-ortho nitro benzene ring substituents is 1. The van der Waals surface area contributed by atoms with E-state index in [2.05, 4.69) is 5.32 Å². The Hall–Kier alpha value is -2.15. The molecule has 7 nitrogen and oxygen atoms in total. The summed E-state index contributed by atoms with van der Waals surface area (Å²) in [6.45, 7) is 3.94. The number of nitrogens with zero attached hydrogens (tertiary/aromatic N) is 1. The number of nitro benzene ring substituents is 1. The van der Waals surface area contributed by atoms with Crippen molar-refractivity contribution in [3.63, 3.8) is 0 Å². The summed E-state index contributed by atoms with van der Waals surface area (Å²) in [5, 5.41) is 13.3. The molecule has 110 valence electrons. The van der Waals surface area contributed by atoms with E-state index < -0.39 is 11.0 Å². The van der Waals surface area contributed by atoms with Crippen molar-refractivity contribution in [2.45, 2.75) is 26.3 Å². The van der Waals surface area contributed by atoms with Gasteiger partial charge in [-0.1, -0.05) is 13.8 Å². The Morgan fingerprint density at radius 1 is 1.50 bits per heavy atom. The minimum absolute atomic E-state index is 0.105. The molecule has 1 aromatic rings. The summed E-state index contributed by atoms with van der Waals surface area (Å²) in [4.78, 5) is 22.1. The standard InChI is InChI=1S/C13H19N3O4/c1-8(2)6-10(14)13(17)15-11-5-4-9(16(18)19)7-12(11)20-3/h4-5,7-8,10H,6,14H2,1-3H3,(H,15,17). The number of ether oxygens (including phenoxy) is 1. The molecule has 0 fully saturated rings. The smallest absolute Gasteiger partial charge is 0.273 e. The summed E-state index contributed by atoms with van der Waals surface area (Å²) >= 11 is 0. The van der Waals surface area contributed by atoms with Crippen LogP contribution in [-0.4, -0.2) is 24.0 Å². The largest absolute Gasteiger partial charge is 0.494 e. The van der Waals surface area contributed by atoms with Crippen LogP contribution in [-0.2, 0) is 4.79 Å². The van der Waals surface area contributed by atoms with Gasteiger partial charge in [-0.2, -0.15) is 0 Å². The van der Waals surface area contributed by atoms with Crippen LogP contribution in [0, 0.1) is 16.0 Å². The molecule has 7 heteroatoms. The van der Waals surface area contributed by atoms with Gasteiger partial charge in [-0.25, -0.2) is 0 Å². The molecule has 0 aromatic heterocycles. The fourth-order valence-corrected chi connectivity index (χ4v) is 1.74. The van der Waals surface area contributed by atoms with Crippen molar-refractivity contribution in [2.75, 3.05) is 12.4 Å². The Labute approximate surface area is 117 Å². The molecule has 3 N–H and O–H groups in total. The third-order valence-electron chi connectivity index (χ3n) is 2.72. The summed E-state index contributed by atoms with van der Waals surface area (Å²) in [5.41, 5.74) is 6.03. The predicted molar refractivity (Wildman–Crippen MR) is 75.7 cm³/mol. The molecule has 0 aliphatic heterocycles. The maximum atomic E-state index is 11.9. The first-order valence-corrected chi connectivity index (χ1v) is 6.24. The van der Waals surface area contributed by atoms with Crippen LogP contribution in [0.4, 0.5) is 11.4 Å². The quantitative estimate of drug-likeness (QED) is 0.611. The van der Waals surface area contributed by atoms with E-state index in [1.807, 2.05) is 13.8 Å². The lowest BCUT2D eigenvalue weighted by Gasteiger charge is -2.15. The van der Waals surface area contributed by atoms with Crippen molar-refractivity contribution in [3.8, 4) is 5.75 Å². The van der Waals surface area contributed by atoms with Crippen LogP contribution in [0.2, 0.25) is 0 Å². The maximum absolute atomic E-state index is 11.9. The fraction of sp³-hybridized carbons (Fsp3) is 0.462. The third-order valence-corrected chi connectivity index (χ3v) is 2.72. The first-order valence-electron chi connectivity index (χ1n) is 6.24. The zero-order valence-corrected chi connectivity index (χ0v) is 11.8. The van der Waals surface area contributed by atoms with E-state index in [-0.39, 0.29) is 17.3 Å². The van der Waals surface area contributed by atoms with E-state index in [9.17, 15) is 14.9 Å². The van der Waals surface area contributed by atoms with Crippen LogP contribution in [0.15, 0.2) is 18.2 Å². The van der Waals surface area contributed by atoms with Crippen LogP contribution in [0.1, 0.15) is 20.3 Å². The number of benzene rings is 1. The lowest BCUT2D eigenvalue weighted by molar-refractivity contribution is -0.384. The second-order valence-electron chi connectivity index (χ2n) is 4.87. The molecule has 1 rings (SSSR count). The highest BCUT2D eigenvalue weighted by atomic mass is 16.6. The maximum Gasteiger partial charge on any atom is 0.273 e. The number of anilines is 1. The average Bonchev–Trinajstić information content (AvgIpc) is 2.37. The average molecular weight is 281 g/mol. The van der Waals surface area contributed by atoms with E-state index in [0.29, 0.717) is 18.0 Å². The van der Waals surface area contributed by atoms with Crippen molar-refractivity contribution in [2.24, 2.45) is 11.7 Å². The second-order valence-corrected chi connectivity index (χ2v) is 4.87. The van der Waals surface area contributed by atoms with Gasteiger partial charge in [0.1, 0.15) is 5.75 Å². The number of carbonyl (C=O) groups excluding carboxylic acids is 1. The molecule has 1 aromatic carbocycles. The van der Waals surface area contributed by atoms with Crippen molar-refractivity contribution >= 4 is 17.3 Å². The first-order chi connectivity index (χ1) is 9.35. The SMILES string of the molecule is COc1cc([N+](=O)[O-])ccc1NC(=O)C(N)CC(C)C. The van der Waals surface area contributed by atoms with Gasteiger partial charge in [-0.15, -0.1) is 0 Å². The van der Waals surface area contributed by atoms with Gasteiger partial charge in [0.25, 0.3) is 5.69 Å². The third kappa shape index (κ3) is 4.20. The van der Waals surface area contributed by atoms with E-state index in [1.165, 1.54) is 25.3 Å². The number of nitrogens with one attached hydrogen (secondary N) is 1. The Balaban J connectivity index is 2.86. The molecule has 0 aliphatic rings. The summed E-state index contributed by atoms with van der Waals surface area (Å²) in [6, 6.07) is 3.35. The molecule has 0 spiro atoms. The molecular formula is C13H19N3O4. The second kappa shape index (κ2) is 6.85. The molecule has 0 bridgehead atoms. The zero-order chi connectivity index (χ0) is 15.3. The highest BCUT2D eigenvalue weighted by Gasteiger charge is 2.18. The molecule has 1 atom stereocenters. The van der Waals surface area contributed by atoms with E-state index >= 15 is 0 Å². The van der Waals surface area contributed by atoms with Gasteiger partial charge in [0.2, 0.25) is 5.91 Å². The normalized spacial score (nSPS) is 12.1. The Bertz CT molecular complexity index is 502. The predicted octanol–water partition coefficient (Wildman–Crippen LogP) is 1.92. The van der Waals surface area contributed by atoms with Gasteiger partial charge >= 0.3 is 0 Å². The van der Waals surface area contributed by atoms with Crippen molar-refractivity contribution in [1.29, 1.82) is 0 Å². The van der Waals surface area contributed by atoms with Crippen molar-refractivity contribution in [1.82, 2.24) is 0 Å². The lowest BCUT2D eigenvalue weighted by Crippen LogP contribution is -2.36. The number of amides is 1. The number of hydrogen-bond donors (Lipinski definition) is 2. The molecule has 0 saturated carbocycles. The topological polar surface area (TPSA) is 107 Å². The molecule has 20 heavy (non-hydrogen) atoms. The first kappa shape index (κ1) is 15.9. The van der Waals surface area contributed by atoms with Crippen LogP contribution in [0.3, 0.4) is 0 Å². The number of nitrogens with two attached hydrogens (primary N) is 1. The molecular weight excluding hydrogens is 262 g/mol. The van der Waals surface area contributed by atoms with Crippen LogP contribution in [0.25, 0.3) is 0 Å². The highest BCUT2D eigenvalue weighted by Crippen LogP contribution is 2.29. The van der Waals surface area contributed by atoms with Crippen molar-refractivity contribution < 1.29 is 14.5 Å². The summed E-state index contributed by atoms with van der Waals surface area (Å²) in [7, 11) is 1.38. The van der Waals surface area contributed by atoms with E-state index in [4.69, 9.17) is 10.5 Å². The molecule has 0 saturated heterocycles.